The fourth-order valence-electron chi connectivity index (χ4n) is 2.18. The Labute approximate surface area is 117 Å². The molecule has 1 aliphatic heterocycles. The van der Waals surface area contributed by atoms with Crippen LogP contribution in [0.4, 0.5) is 11.5 Å². The van der Waals surface area contributed by atoms with Crippen molar-refractivity contribution in [3.63, 3.8) is 0 Å². The van der Waals surface area contributed by atoms with Crippen molar-refractivity contribution in [2.75, 3.05) is 38.1 Å². The van der Waals surface area contributed by atoms with Gasteiger partial charge in [-0.1, -0.05) is 11.6 Å². The molecule has 1 aromatic heterocycles. The predicted molar refractivity (Wildman–Crippen MR) is 74.8 cm³/mol. The van der Waals surface area contributed by atoms with Crippen LogP contribution >= 0.6 is 11.6 Å². The third-order valence-electron chi connectivity index (χ3n) is 3.32. The minimum absolute atomic E-state index is 0.0250. The summed E-state index contributed by atoms with van der Waals surface area (Å²) < 4.78 is 0. The predicted octanol–water partition coefficient (Wildman–Crippen LogP) is 2.18. The van der Waals surface area contributed by atoms with E-state index in [0.29, 0.717) is 5.82 Å². The summed E-state index contributed by atoms with van der Waals surface area (Å²) in [6.45, 7) is 4.00. The van der Waals surface area contributed by atoms with E-state index in [4.69, 9.17) is 11.6 Å². The maximum absolute atomic E-state index is 10.8. The lowest BCUT2D eigenvalue weighted by molar-refractivity contribution is -0.384. The van der Waals surface area contributed by atoms with Crippen LogP contribution in [0, 0.1) is 10.1 Å². The quantitative estimate of drug-likeness (QED) is 0.471. The number of hydrogen-bond donors (Lipinski definition) is 0. The van der Waals surface area contributed by atoms with Gasteiger partial charge in [-0.15, -0.1) is 0 Å². The second kappa shape index (κ2) is 6.16. The summed E-state index contributed by atoms with van der Waals surface area (Å²) in [6.07, 6.45) is 2.51. The number of aromatic nitrogens is 1. The van der Waals surface area contributed by atoms with Gasteiger partial charge in [0.25, 0.3) is 5.69 Å². The van der Waals surface area contributed by atoms with Gasteiger partial charge in [0, 0.05) is 20.1 Å². The molecular weight excluding hydrogens is 268 g/mol. The van der Waals surface area contributed by atoms with E-state index < -0.39 is 4.92 Å². The third-order valence-corrected chi connectivity index (χ3v) is 3.51. The van der Waals surface area contributed by atoms with Crippen molar-refractivity contribution in [3.05, 3.63) is 27.4 Å². The first kappa shape index (κ1) is 14.0. The fraction of sp³-hybridized carbons (Fsp3) is 0.583. The van der Waals surface area contributed by atoms with Gasteiger partial charge < -0.3 is 9.80 Å². The highest BCUT2D eigenvalue weighted by Gasteiger charge is 2.15. The molecule has 7 heteroatoms. The molecule has 19 heavy (non-hydrogen) atoms. The van der Waals surface area contributed by atoms with E-state index >= 15 is 0 Å². The number of rotatable bonds is 5. The highest BCUT2D eigenvalue weighted by atomic mass is 35.5. The zero-order chi connectivity index (χ0) is 13.8. The van der Waals surface area contributed by atoms with E-state index in [1.807, 2.05) is 11.9 Å². The van der Waals surface area contributed by atoms with Crippen molar-refractivity contribution in [1.82, 2.24) is 9.88 Å². The fourth-order valence-corrected chi connectivity index (χ4v) is 2.38. The van der Waals surface area contributed by atoms with Crippen molar-refractivity contribution in [2.45, 2.75) is 12.8 Å². The molecule has 0 unspecified atom stereocenters. The molecule has 2 heterocycles. The number of likely N-dealkylation sites (N-methyl/N-ethyl adjacent to an activating group) is 1. The van der Waals surface area contributed by atoms with Gasteiger partial charge in [-0.25, -0.2) is 4.98 Å². The van der Waals surface area contributed by atoms with Crippen LogP contribution < -0.4 is 4.90 Å². The lowest BCUT2D eigenvalue weighted by Crippen LogP contribution is -2.31. The Morgan fingerprint density at radius 2 is 2.16 bits per heavy atom. The van der Waals surface area contributed by atoms with Gasteiger partial charge in [0.15, 0.2) is 0 Å². The highest BCUT2D eigenvalue weighted by molar-refractivity contribution is 6.29. The Kier molecular flexibility index (Phi) is 4.55. The van der Waals surface area contributed by atoms with Crippen molar-refractivity contribution in [1.29, 1.82) is 0 Å². The van der Waals surface area contributed by atoms with Gasteiger partial charge in [0.05, 0.1) is 17.1 Å². The van der Waals surface area contributed by atoms with Crippen LogP contribution in [-0.2, 0) is 0 Å². The minimum Gasteiger partial charge on any atom is -0.358 e. The van der Waals surface area contributed by atoms with Crippen LogP contribution in [-0.4, -0.2) is 48.0 Å². The van der Waals surface area contributed by atoms with E-state index in [2.05, 4.69) is 9.88 Å². The molecular formula is C12H17ClN4O2. The molecule has 6 nitrogen and oxygen atoms in total. The standard InChI is InChI=1S/C12H17ClN4O2/c1-15(6-7-16-4-2-3-5-16)12-9-10(17(18)19)8-11(13)14-12/h8-9H,2-7H2,1H3. The van der Waals surface area contributed by atoms with Gasteiger partial charge in [-0.3, -0.25) is 10.1 Å². The first-order valence-corrected chi connectivity index (χ1v) is 6.69. The third kappa shape index (κ3) is 3.78. The lowest BCUT2D eigenvalue weighted by atomic mass is 10.3. The number of nitro groups is 1. The van der Waals surface area contributed by atoms with E-state index in [0.717, 1.165) is 26.2 Å². The van der Waals surface area contributed by atoms with Crippen LogP contribution in [0.2, 0.25) is 5.15 Å². The molecule has 1 aliphatic rings. The van der Waals surface area contributed by atoms with Crippen molar-refractivity contribution in [3.8, 4) is 0 Å². The molecule has 1 aromatic rings. The van der Waals surface area contributed by atoms with E-state index in [9.17, 15) is 10.1 Å². The summed E-state index contributed by atoms with van der Waals surface area (Å²) in [6, 6.07) is 2.72. The Morgan fingerprint density at radius 3 is 2.79 bits per heavy atom. The number of anilines is 1. The zero-order valence-electron chi connectivity index (χ0n) is 10.9. The Morgan fingerprint density at radius 1 is 1.47 bits per heavy atom. The van der Waals surface area contributed by atoms with Crippen molar-refractivity contribution in [2.24, 2.45) is 0 Å². The number of pyridine rings is 1. The van der Waals surface area contributed by atoms with Gasteiger partial charge >= 0.3 is 0 Å². The van der Waals surface area contributed by atoms with E-state index in [1.54, 1.807) is 0 Å². The number of halogens is 1. The Bertz CT molecular complexity index is 463. The molecule has 0 saturated carbocycles. The molecule has 0 N–H and O–H groups in total. The number of nitrogens with zero attached hydrogens (tertiary/aromatic N) is 4. The zero-order valence-corrected chi connectivity index (χ0v) is 11.6. The second-order valence-electron chi connectivity index (χ2n) is 4.73. The summed E-state index contributed by atoms with van der Waals surface area (Å²) in [7, 11) is 1.87. The van der Waals surface area contributed by atoms with Crippen molar-refractivity contribution >= 4 is 23.1 Å². The summed E-state index contributed by atoms with van der Waals surface area (Å²) >= 11 is 5.81. The molecule has 0 spiro atoms. The normalized spacial score (nSPS) is 15.7. The molecule has 0 aromatic carbocycles. The van der Waals surface area contributed by atoms with E-state index in [-0.39, 0.29) is 10.8 Å². The minimum atomic E-state index is -0.453. The molecule has 1 fully saturated rings. The molecule has 2 rings (SSSR count). The van der Waals surface area contributed by atoms with Gasteiger partial charge in [-0.05, 0) is 25.9 Å². The molecule has 104 valence electrons. The van der Waals surface area contributed by atoms with Crippen LogP contribution in [0.25, 0.3) is 0 Å². The summed E-state index contributed by atoms with van der Waals surface area (Å²) in [5, 5.41) is 10.9. The second-order valence-corrected chi connectivity index (χ2v) is 5.12. The molecule has 0 atom stereocenters. The van der Waals surface area contributed by atoms with Gasteiger partial charge in [0.1, 0.15) is 11.0 Å². The summed E-state index contributed by atoms with van der Waals surface area (Å²) in [5.41, 5.74) is -0.0250. The number of hydrogen-bond acceptors (Lipinski definition) is 5. The molecule has 0 amide bonds. The lowest BCUT2D eigenvalue weighted by Gasteiger charge is -2.22. The maximum atomic E-state index is 10.8. The smallest absolute Gasteiger partial charge is 0.276 e. The van der Waals surface area contributed by atoms with Crippen LogP contribution in [0.15, 0.2) is 12.1 Å². The largest absolute Gasteiger partial charge is 0.358 e. The SMILES string of the molecule is CN(CCN1CCCC1)c1cc([N+](=O)[O-])cc(Cl)n1. The molecule has 0 radical (unpaired) electrons. The summed E-state index contributed by atoms with van der Waals surface area (Å²) in [5.74, 6) is 0.540. The molecule has 0 aliphatic carbocycles. The van der Waals surface area contributed by atoms with Crippen LogP contribution in [0.3, 0.4) is 0 Å². The topological polar surface area (TPSA) is 62.5 Å². The van der Waals surface area contributed by atoms with Crippen molar-refractivity contribution < 1.29 is 4.92 Å². The Balaban J connectivity index is 2.01. The van der Waals surface area contributed by atoms with Gasteiger partial charge in [0.2, 0.25) is 0 Å². The first-order valence-electron chi connectivity index (χ1n) is 6.32. The van der Waals surface area contributed by atoms with Crippen LogP contribution in [0.5, 0.6) is 0 Å². The average molecular weight is 285 g/mol. The molecule has 0 bridgehead atoms. The highest BCUT2D eigenvalue weighted by Crippen LogP contribution is 2.22. The Hall–Kier alpha value is -1.40. The first-order chi connectivity index (χ1) is 9.06. The summed E-state index contributed by atoms with van der Waals surface area (Å²) in [4.78, 5) is 18.7. The van der Waals surface area contributed by atoms with E-state index in [1.165, 1.54) is 25.0 Å². The molecule has 1 saturated heterocycles. The monoisotopic (exact) mass is 284 g/mol. The maximum Gasteiger partial charge on any atom is 0.276 e. The van der Waals surface area contributed by atoms with Gasteiger partial charge in [-0.2, -0.15) is 0 Å². The average Bonchev–Trinajstić information content (AvgIpc) is 2.88. The number of likely N-dealkylation sites (tertiary alicyclic amines) is 1. The van der Waals surface area contributed by atoms with Crippen LogP contribution in [0.1, 0.15) is 12.8 Å².